The lowest BCUT2D eigenvalue weighted by Gasteiger charge is -2.10. The molecular weight excluding hydrogens is 371 g/mol. The van der Waals surface area contributed by atoms with Gasteiger partial charge in [-0.2, -0.15) is 0 Å². The molecule has 3 aromatic rings. The number of hydrogen-bond acceptors (Lipinski definition) is 3. The van der Waals surface area contributed by atoms with Gasteiger partial charge < -0.3 is 4.74 Å². The van der Waals surface area contributed by atoms with Crippen molar-refractivity contribution in [2.75, 3.05) is 0 Å². The van der Waals surface area contributed by atoms with Gasteiger partial charge in [0.15, 0.2) is 5.78 Å². The summed E-state index contributed by atoms with van der Waals surface area (Å²) in [6, 6.07) is 18.5. The molecule has 3 rings (SSSR count). The highest BCUT2D eigenvalue weighted by Gasteiger charge is 2.14. The number of rotatable bonds is 4. The zero-order chi connectivity index (χ0) is 18.7. The quantitative estimate of drug-likeness (QED) is 0.326. The Hall–Kier alpha value is -2.62. The summed E-state index contributed by atoms with van der Waals surface area (Å²) < 4.78 is 5.41. The molecule has 3 aromatic carbocycles. The van der Waals surface area contributed by atoms with Crippen LogP contribution in [0.4, 0.5) is 0 Å². The lowest BCUT2D eigenvalue weighted by atomic mass is 10.0. The van der Waals surface area contributed by atoms with Crippen LogP contribution in [0, 0.1) is 6.92 Å². The molecule has 0 spiro atoms. The number of carbonyl (C=O) groups excluding carboxylic acids is 2. The van der Waals surface area contributed by atoms with Gasteiger partial charge in [-0.25, -0.2) is 4.79 Å². The summed E-state index contributed by atoms with van der Waals surface area (Å²) in [6.45, 7) is 1.78. The number of esters is 1. The standard InChI is InChI=1S/C21H14Cl2O3/c1-13-11-15(20(24)14-5-3-2-4-6-14)8-10-19(13)26-21(25)16-7-9-17(22)18(23)12-16/h2-12H,1H3. The predicted octanol–water partition coefficient (Wildman–Crippen LogP) is 5.75. The zero-order valence-electron chi connectivity index (χ0n) is 13.8. The second-order valence-corrected chi connectivity index (χ2v) is 6.51. The highest BCUT2D eigenvalue weighted by Crippen LogP contribution is 2.25. The maximum atomic E-state index is 12.5. The average molecular weight is 385 g/mol. The Morgan fingerprint density at radius 2 is 1.46 bits per heavy atom. The fourth-order valence-corrected chi connectivity index (χ4v) is 2.74. The molecule has 0 aliphatic heterocycles. The van der Waals surface area contributed by atoms with E-state index >= 15 is 0 Å². The van der Waals surface area contributed by atoms with E-state index in [1.165, 1.54) is 12.1 Å². The molecule has 0 heterocycles. The summed E-state index contributed by atoms with van der Waals surface area (Å²) in [7, 11) is 0. The van der Waals surface area contributed by atoms with Crippen LogP contribution in [0.1, 0.15) is 31.8 Å². The van der Waals surface area contributed by atoms with Crippen LogP contribution in [0.5, 0.6) is 5.75 Å². The van der Waals surface area contributed by atoms with E-state index in [2.05, 4.69) is 0 Å². The molecule has 0 unspecified atom stereocenters. The summed E-state index contributed by atoms with van der Waals surface area (Å²) in [5, 5.41) is 0.643. The largest absolute Gasteiger partial charge is 0.423 e. The van der Waals surface area contributed by atoms with Crippen molar-refractivity contribution >= 4 is 35.0 Å². The lowest BCUT2D eigenvalue weighted by molar-refractivity contribution is 0.0733. The molecule has 0 aliphatic rings. The first-order chi connectivity index (χ1) is 12.5. The first-order valence-corrected chi connectivity index (χ1v) is 8.59. The van der Waals surface area contributed by atoms with Crippen LogP contribution in [0.2, 0.25) is 10.0 Å². The topological polar surface area (TPSA) is 43.4 Å². The third-order valence-electron chi connectivity index (χ3n) is 3.83. The van der Waals surface area contributed by atoms with E-state index in [1.54, 1.807) is 43.3 Å². The minimum absolute atomic E-state index is 0.0870. The van der Waals surface area contributed by atoms with Crippen LogP contribution in [-0.4, -0.2) is 11.8 Å². The number of benzene rings is 3. The average Bonchev–Trinajstić information content (AvgIpc) is 2.65. The van der Waals surface area contributed by atoms with Gasteiger partial charge in [0.25, 0.3) is 0 Å². The molecule has 0 aromatic heterocycles. The van der Waals surface area contributed by atoms with E-state index in [-0.39, 0.29) is 10.8 Å². The van der Waals surface area contributed by atoms with Crippen LogP contribution in [0.3, 0.4) is 0 Å². The van der Waals surface area contributed by atoms with Gasteiger partial charge in [0.1, 0.15) is 5.75 Å². The normalized spacial score (nSPS) is 10.4. The third-order valence-corrected chi connectivity index (χ3v) is 4.57. The van der Waals surface area contributed by atoms with Crippen molar-refractivity contribution in [3.63, 3.8) is 0 Å². The van der Waals surface area contributed by atoms with Crippen LogP contribution in [0.15, 0.2) is 66.7 Å². The molecule has 0 radical (unpaired) electrons. The van der Waals surface area contributed by atoms with E-state index in [0.29, 0.717) is 33.0 Å². The molecule has 5 heteroatoms. The predicted molar refractivity (Wildman–Crippen MR) is 102 cm³/mol. The molecule has 0 atom stereocenters. The molecule has 0 aliphatic carbocycles. The highest BCUT2D eigenvalue weighted by atomic mass is 35.5. The second kappa shape index (κ2) is 7.73. The van der Waals surface area contributed by atoms with Crippen LogP contribution in [-0.2, 0) is 0 Å². The van der Waals surface area contributed by atoms with Crippen molar-refractivity contribution in [1.82, 2.24) is 0 Å². The maximum Gasteiger partial charge on any atom is 0.343 e. The fraction of sp³-hybridized carbons (Fsp3) is 0.0476. The van der Waals surface area contributed by atoms with Gasteiger partial charge in [-0.15, -0.1) is 0 Å². The number of carbonyl (C=O) groups is 2. The molecule has 0 amide bonds. The van der Waals surface area contributed by atoms with Gasteiger partial charge in [-0.05, 0) is 48.9 Å². The lowest BCUT2D eigenvalue weighted by Crippen LogP contribution is -2.10. The molecule has 0 saturated heterocycles. The third kappa shape index (κ3) is 3.96. The summed E-state index contributed by atoms with van der Waals surface area (Å²) >= 11 is 11.8. The van der Waals surface area contributed by atoms with Gasteiger partial charge in [0.2, 0.25) is 0 Å². The van der Waals surface area contributed by atoms with Crippen LogP contribution >= 0.6 is 23.2 Å². The molecule has 130 valence electrons. The van der Waals surface area contributed by atoms with Crippen molar-refractivity contribution < 1.29 is 14.3 Å². The molecule has 0 fully saturated rings. The Morgan fingerprint density at radius 1 is 0.769 bits per heavy atom. The van der Waals surface area contributed by atoms with Crippen molar-refractivity contribution in [2.24, 2.45) is 0 Å². The summed E-state index contributed by atoms with van der Waals surface area (Å²) in [6.07, 6.45) is 0. The first-order valence-electron chi connectivity index (χ1n) is 7.83. The summed E-state index contributed by atoms with van der Waals surface area (Å²) in [5.41, 5.74) is 2.11. The number of hydrogen-bond donors (Lipinski definition) is 0. The number of halogens is 2. The zero-order valence-corrected chi connectivity index (χ0v) is 15.3. The fourth-order valence-electron chi connectivity index (χ4n) is 2.44. The number of ether oxygens (including phenoxy) is 1. The van der Waals surface area contributed by atoms with E-state index in [0.717, 1.165) is 0 Å². The second-order valence-electron chi connectivity index (χ2n) is 5.69. The van der Waals surface area contributed by atoms with Gasteiger partial charge in [0.05, 0.1) is 15.6 Å². The maximum absolute atomic E-state index is 12.5. The first kappa shape index (κ1) is 18.2. The van der Waals surface area contributed by atoms with Crippen LogP contribution < -0.4 is 4.74 Å². The van der Waals surface area contributed by atoms with Crippen LogP contribution in [0.25, 0.3) is 0 Å². The van der Waals surface area contributed by atoms with Crippen molar-refractivity contribution in [1.29, 1.82) is 0 Å². The smallest absolute Gasteiger partial charge is 0.343 e. The molecule has 26 heavy (non-hydrogen) atoms. The molecule has 3 nitrogen and oxygen atoms in total. The molecule has 0 saturated carbocycles. The Bertz CT molecular complexity index is 982. The Morgan fingerprint density at radius 3 is 2.12 bits per heavy atom. The molecular formula is C21H14Cl2O3. The van der Waals surface area contributed by atoms with Gasteiger partial charge in [0, 0.05) is 11.1 Å². The van der Waals surface area contributed by atoms with Crippen molar-refractivity contribution in [2.45, 2.75) is 6.92 Å². The van der Waals surface area contributed by atoms with Crippen molar-refractivity contribution in [3.05, 3.63) is 99.0 Å². The Labute approximate surface area is 161 Å². The number of aryl methyl sites for hydroxylation is 1. The van der Waals surface area contributed by atoms with Crippen molar-refractivity contribution in [3.8, 4) is 5.75 Å². The minimum Gasteiger partial charge on any atom is -0.423 e. The SMILES string of the molecule is Cc1cc(C(=O)c2ccccc2)ccc1OC(=O)c1ccc(Cl)c(Cl)c1. The van der Waals surface area contributed by atoms with E-state index in [9.17, 15) is 9.59 Å². The molecule has 0 bridgehead atoms. The Balaban J connectivity index is 1.80. The molecule has 0 N–H and O–H groups in total. The monoisotopic (exact) mass is 384 g/mol. The summed E-state index contributed by atoms with van der Waals surface area (Å²) in [4.78, 5) is 24.8. The van der Waals surface area contributed by atoms with E-state index in [4.69, 9.17) is 27.9 Å². The van der Waals surface area contributed by atoms with E-state index < -0.39 is 5.97 Å². The highest BCUT2D eigenvalue weighted by molar-refractivity contribution is 6.42. The van der Waals surface area contributed by atoms with Gasteiger partial charge in [-0.3, -0.25) is 4.79 Å². The van der Waals surface area contributed by atoms with Gasteiger partial charge in [-0.1, -0.05) is 53.5 Å². The minimum atomic E-state index is -0.547. The number of ketones is 1. The van der Waals surface area contributed by atoms with Gasteiger partial charge >= 0.3 is 5.97 Å². The summed E-state index contributed by atoms with van der Waals surface area (Å²) in [5.74, 6) is -0.254. The van der Waals surface area contributed by atoms with E-state index in [1.807, 2.05) is 18.2 Å². The Kier molecular flexibility index (Phi) is 5.40.